The number of nitrogens with one attached hydrogen (secondary N) is 2. The van der Waals surface area contributed by atoms with Crippen molar-refractivity contribution in [1.82, 2.24) is 19.8 Å². The maximum Gasteiger partial charge on any atom is 0.573 e. The molecule has 6 rings (SSSR count). The van der Waals surface area contributed by atoms with Gasteiger partial charge in [0.15, 0.2) is 11.5 Å². The molecule has 0 radical (unpaired) electrons. The first-order valence-corrected chi connectivity index (χ1v) is 20.7. The lowest BCUT2D eigenvalue weighted by atomic mass is 10.0. The molecule has 11 nitrogen and oxygen atoms in total. The quantitative estimate of drug-likeness (QED) is 0.0603. The Morgan fingerprint density at radius 3 is 2.24 bits per heavy atom. The zero-order chi connectivity index (χ0) is 42.2. The van der Waals surface area contributed by atoms with E-state index < -0.39 is 38.9 Å². The molecule has 0 saturated carbocycles. The van der Waals surface area contributed by atoms with Crippen LogP contribution in [0.4, 0.5) is 37.8 Å². The van der Waals surface area contributed by atoms with Gasteiger partial charge in [0.2, 0.25) is 0 Å². The Balaban J connectivity index is 1.06. The van der Waals surface area contributed by atoms with Crippen LogP contribution in [0.25, 0.3) is 11.1 Å². The number of amides is 1. The second kappa shape index (κ2) is 18.6. The summed E-state index contributed by atoms with van der Waals surface area (Å²) in [7, 11) is -4.75. The number of nitrogens with zero attached hydrogens (tertiary/aromatic N) is 4. The van der Waals surface area contributed by atoms with Crippen molar-refractivity contribution >= 4 is 39.2 Å². The number of hydrogen-bond donors (Lipinski definition) is 2. The van der Waals surface area contributed by atoms with Crippen molar-refractivity contribution in [2.75, 3.05) is 55.3 Å². The highest BCUT2D eigenvalue weighted by Gasteiger charge is 2.36. The van der Waals surface area contributed by atoms with Crippen molar-refractivity contribution in [1.29, 1.82) is 0 Å². The van der Waals surface area contributed by atoms with Crippen LogP contribution in [0.3, 0.4) is 0 Å². The Bertz CT molecular complexity index is 2330. The molecule has 2 N–H and O–H groups in total. The first-order valence-electron chi connectivity index (χ1n) is 18.2. The average Bonchev–Trinajstić information content (AvgIpc) is 3.19. The van der Waals surface area contributed by atoms with E-state index in [2.05, 4.69) is 20.3 Å². The molecule has 1 aliphatic rings. The predicted molar refractivity (Wildman–Crippen MR) is 211 cm³/mol. The van der Waals surface area contributed by atoms with Gasteiger partial charge in [0.05, 0.1) is 17.1 Å². The standard InChI is InChI=1S/C40H38F6N6O5S2/c1-2-56-30-8-6-7-28(23-30)29-21-27(22-31(24-29)57-40(44,45)46)26-51-16-18-52(19-17-51)37-14-13-36(48-49-37)38(53)50-59(54,55)33-11-12-35(34(25-33)39(41,42)43)47-15-20-58-32-9-4-3-5-10-32/h3-14,21-25,47H,2,15-20,26H2,1H3,(H,50,53). The van der Waals surface area contributed by atoms with Crippen LogP contribution in [0.5, 0.6) is 11.5 Å². The van der Waals surface area contributed by atoms with Crippen LogP contribution < -0.4 is 24.4 Å². The van der Waals surface area contributed by atoms with Gasteiger partial charge in [0.25, 0.3) is 15.9 Å². The largest absolute Gasteiger partial charge is 0.573 e. The summed E-state index contributed by atoms with van der Waals surface area (Å²) in [4.78, 5) is 17.0. The highest BCUT2D eigenvalue weighted by molar-refractivity contribution is 7.99. The SMILES string of the molecule is CCOc1cccc(-c2cc(CN3CCN(c4ccc(C(=O)NS(=O)(=O)c5ccc(NCCSc6ccccc6)c(C(F)(F)F)c5)nn4)CC3)cc(OC(F)(F)F)c2)c1. The van der Waals surface area contributed by atoms with Crippen molar-refractivity contribution in [3.05, 3.63) is 120 Å². The van der Waals surface area contributed by atoms with Crippen LogP contribution >= 0.6 is 11.8 Å². The molecule has 19 heteroatoms. The molecular formula is C40H38F6N6O5S2. The number of sulfonamides is 1. The number of carbonyl (C=O) groups is 1. The van der Waals surface area contributed by atoms with Gasteiger partial charge in [-0.15, -0.1) is 35.1 Å². The number of ether oxygens (including phenoxy) is 2. The van der Waals surface area contributed by atoms with E-state index in [-0.39, 0.29) is 23.7 Å². The number of thioether (sulfide) groups is 1. The van der Waals surface area contributed by atoms with E-state index in [4.69, 9.17) is 4.74 Å². The molecule has 59 heavy (non-hydrogen) atoms. The summed E-state index contributed by atoms with van der Waals surface area (Å²) < 4.78 is 119. The molecule has 0 bridgehead atoms. The zero-order valence-corrected chi connectivity index (χ0v) is 33.0. The van der Waals surface area contributed by atoms with Crippen molar-refractivity contribution in [3.8, 4) is 22.6 Å². The molecule has 1 saturated heterocycles. The lowest BCUT2D eigenvalue weighted by Gasteiger charge is -2.35. The summed E-state index contributed by atoms with van der Waals surface area (Å²) >= 11 is 1.44. The van der Waals surface area contributed by atoms with Gasteiger partial charge in [-0.05, 0) is 96.4 Å². The van der Waals surface area contributed by atoms with Crippen LogP contribution in [0.15, 0.2) is 113 Å². The molecule has 1 fully saturated rings. The molecule has 1 amide bonds. The summed E-state index contributed by atoms with van der Waals surface area (Å²) in [6, 6.07) is 25.9. The number of alkyl halides is 6. The number of carbonyl (C=O) groups excluding carboxylic acids is 1. The number of halogens is 6. The summed E-state index contributed by atoms with van der Waals surface area (Å²) in [6.45, 7) is 4.60. The molecule has 2 heterocycles. The number of rotatable bonds is 15. The molecule has 0 unspecified atom stereocenters. The second-order valence-electron chi connectivity index (χ2n) is 13.1. The van der Waals surface area contributed by atoms with Crippen molar-refractivity contribution < 1.29 is 49.0 Å². The molecule has 1 aliphatic heterocycles. The minimum Gasteiger partial charge on any atom is -0.494 e. The second-order valence-corrected chi connectivity index (χ2v) is 16.0. The Kier molecular flexibility index (Phi) is 13.6. The van der Waals surface area contributed by atoms with E-state index in [9.17, 15) is 39.6 Å². The van der Waals surface area contributed by atoms with Gasteiger partial charge in [-0.2, -0.15) is 13.2 Å². The van der Waals surface area contributed by atoms with Gasteiger partial charge >= 0.3 is 12.5 Å². The van der Waals surface area contributed by atoms with Gasteiger partial charge in [-0.1, -0.05) is 30.3 Å². The predicted octanol–water partition coefficient (Wildman–Crippen LogP) is 8.10. The normalized spacial score (nSPS) is 13.8. The van der Waals surface area contributed by atoms with Crippen molar-refractivity contribution in [3.63, 3.8) is 0 Å². The maximum absolute atomic E-state index is 14.0. The number of aromatic nitrogens is 2. The first kappa shape index (κ1) is 43.1. The van der Waals surface area contributed by atoms with Crippen molar-refractivity contribution in [2.45, 2.75) is 35.8 Å². The van der Waals surface area contributed by atoms with E-state index in [1.165, 1.54) is 36.0 Å². The van der Waals surface area contributed by atoms with Gasteiger partial charge in [-0.25, -0.2) is 13.1 Å². The van der Waals surface area contributed by atoms with Crippen LogP contribution in [-0.4, -0.2) is 80.9 Å². The Labute approximate surface area is 340 Å². The van der Waals surface area contributed by atoms with Crippen LogP contribution in [-0.2, 0) is 22.7 Å². The van der Waals surface area contributed by atoms with Crippen LogP contribution in [0.2, 0.25) is 0 Å². The van der Waals surface area contributed by atoms with Gasteiger partial charge in [0, 0.05) is 55.6 Å². The Hall–Kier alpha value is -5.53. The molecule has 312 valence electrons. The molecule has 0 atom stereocenters. The highest BCUT2D eigenvalue weighted by Crippen LogP contribution is 2.37. The van der Waals surface area contributed by atoms with E-state index in [0.29, 0.717) is 79.4 Å². The van der Waals surface area contributed by atoms with Crippen molar-refractivity contribution in [2.24, 2.45) is 0 Å². The number of piperazine rings is 1. The third kappa shape index (κ3) is 12.0. The maximum atomic E-state index is 14.0. The lowest BCUT2D eigenvalue weighted by Crippen LogP contribution is -2.46. The topological polar surface area (TPSA) is 126 Å². The molecule has 1 aromatic heterocycles. The van der Waals surface area contributed by atoms with Gasteiger partial charge in [-0.3, -0.25) is 9.69 Å². The van der Waals surface area contributed by atoms with E-state index in [0.717, 1.165) is 17.0 Å². The number of benzene rings is 4. The fraction of sp³-hybridized carbons (Fsp3) is 0.275. The Morgan fingerprint density at radius 1 is 0.814 bits per heavy atom. The van der Waals surface area contributed by atoms with Crippen LogP contribution in [0, 0.1) is 0 Å². The van der Waals surface area contributed by atoms with E-state index in [1.54, 1.807) is 35.1 Å². The van der Waals surface area contributed by atoms with Crippen LogP contribution in [0.1, 0.15) is 28.5 Å². The van der Waals surface area contributed by atoms with Gasteiger partial charge < -0.3 is 19.7 Å². The molecule has 0 spiro atoms. The highest BCUT2D eigenvalue weighted by atomic mass is 32.2. The van der Waals surface area contributed by atoms with Gasteiger partial charge in [0.1, 0.15) is 11.5 Å². The summed E-state index contributed by atoms with van der Waals surface area (Å²) in [6.07, 6.45) is -9.78. The minimum absolute atomic E-state index is 0.168. The smallest absolute Gasteiger partial charge is 0.494 e. The molecule has 0 aliphatic carbocycles. The monoisotopic (exact) mass is 860 g/mol. The molecule has 5 aromatic rings. The Morgan fingerprint density at radius 2 is 1.56 bits per heavy atom. The van der Waals surface area contributed by atoms with E-state index >= 15 is 0 Å². The summed E-state index contributed by atoms with van der Waals surface area (Å²) in [5, 5.41) is 10.6. The lowest BCUT2D eigenvalue weighted by molar-refractivity contribution is -0.274. The average molecular weight is 861 g/mol. The fourth-order valence-corrected chi connectivity index (χ4v) is 8.01. The first-order chi connectivity index (χ1) is 28.1. The summed E-state index contributed by atoms with van der Waals surface area (Å²) in [5.74, 6) is -0.139. The zero-order valence-electron chi connectivity index (χ0n) is 31.4. The minimum atomic E-state index is -4.89. The fourth-order valence-electron chi connectivity index (χ4n) is 6.24. The molecule has 4 aromatic carbocycles. The molecular weight excluding hydrogens is 823 g/mol. The third-order valence-corrected chi connectivity index (χ3v) is 11.3. The summed E-state index contributed by atoms with van der Waals surface area (Å²) in [5.41, 5.74) is -0.125. The third-order valence-electron chi connectivity index (χ3n) is 8.93. The number of anilines is 2. The van der Waals surface area contributed by atoms with E-state index in [1.807, 2.05) is 47.1 Å². The number of hydrogen-bond acceptors (Lipinski definition) is 11.